The maximum Gasteiger partial charge on any atom is 0.0392 e. The van der Waals surface area contributed by atoms with E-state index in [1.165, 1.54) is 43.6 Å². The molecule has 1 aliphatic carbocycles. The van der Waals surface area contributed by atoms with Gasteiger partial charge in [-0.25, -0.2) is 0 Å². The molecule has 0 amide bonds. The summed E-state index contributed by atoms with van der Waals surface area (Å²) in [6, 6.07) is 0. The fourth-order valence-corrected chi connectivity index (χ4v) is 4.42. The zero-order chi connectivity index (χ0) is 7.52. The van der Waals surface area contributed by atoms with Crippen molar-refractivity contribution in [2.75, 3.05) is 11.5 Å². The molecule has 1 aliphatic heterocycles. The molecule has 1 saturated carbocycles. The Morgan fingerprint density at radius 3 is 2.09 bits per heavy atom. The number of allylic oxidation sites excluding steroid dienone is 1. The average molecular weight is 186 g/mol. The molecule has 0 aromatic rings. The van der Waals surface area contributed by atoms with Gasteiger partial charge < -0.3 is 0 Å². The fraction of sp³-hybridized carbons (Fsp3) is 0.778. The van der Waals surface area contributed by atoms with Crippen LogP contribution >= 0.6 is 23.5 Å². The first-order valence-electron chi connectivity index (χ1n) is 4.44. The third-order valence-electron chi connectivity index (χ3n) is 2.25. The third-order valence-corrected chi connectivity index (χ3v) is 5.05. The van der Waals surface area contributed by atoms with Gasteiger partial charge in [-0.3, -0.25) is 0 Å². The van der Waals surface area contributed by atoms with Crippen molar-refractivity contribution in [1.82, 2.24) is 0 Å². The number of thioether (sulfide) groups is 2. The van der Waals surface area contributed by atoms with Gasteiger partial charge in [0.15, 0.2) is 0 Å². The summed E-state index contributed by atoms with van der Waals surface area (Å²) in [5, 5.41) is 0. The van der Waals surface area contributed by atoms with Crippen molar-refractivity contribution in [2.45, 2.75) is 32.1 Å². The van der Waals surface area contributed by atoms with Gasteiger partial charge >= 0.3 is 0 Å². The lowest BCUT2D eigenvalue weighted by Gasteiger charge is -2.15. The quantitative estimate of drug-likeness (QED) is 0.566. The Morgan fingerprint density at radius 2 is 1.45 bits per heavy atom. The predicted octanol–water partition coefficient (Wildman–Crippen LogP) is 3.64. The van der Waals surface area contributed by atoms with Crippen LogP contribution in [0.25, 0.3) is 0 Å². The summed E-state index contributed by atoms with van der Waals surface area (Å²) < 4.78 is 1.69. The second-order valence-corrected chi connectivity index (χ2v) is 5.62. The second-order valence-electron chi connectivity index (χ2n) is 3.15. The molecule has 62 valence electrons. The maximum atomic E-state index is 2.10. The van der Waals surface area contributed by atoms with E-state index in [-0.39, 0.29) is 0 Å². The molecule has 2 fully saturated rings. The molecule has 0 nitrogen and oxygen atoms in total. The lowest BCUT2D eigenvalue weighted by molar-refractivity contribution is 0.886. The van der Waals surface area contributed by atoms with E-state index in [0.29, 0.717) is 0 Å². The number of hydrogen-bond acceptors (Lipinski definition) is 2. The lowest BCUT2D eigenvalue weighted by Crippen LogP contribution is -1.93. The van der Waals surface area contributed by atoms with Crippen LogP contribution in [0.4, 0.5) is 0 Å². The van der Waals surface area contributed by atoms with E-state index in [0.717, 1.165) is 0 Å². The standard InChI is InChI=1S/C9H14S2/c1-2-5-8(4-1)9-10-6-3-7-11-9/h1-7H2. The zero-order valence-electron chi connectivity index (χ0n) is 6.77. The van der Waals surface area contributed by atoms with E-state index >= 15 is 0 Å². The number of hydrogen-bond donors (Lipinski definition) is 0. The summed E-state index contributed by atoms with van der Waals surface area (Å²) in [7, 11) is 0. The van der Waals surface area contributed by atoms with Gasteiger partial charge in [-0.2, -0.15) is 0 Å². The smallest absolute Gasteiger partial charge is 0.0392 e. The Balaban J connectivity index is 2.03. The van der Waals surface area contributed by atoms with Crippen LogP contribution in [0.3, 0.4) is 0 Å². The second kappa shape index (κ2) is 3.90. The molecule has 0 atom stereocenters. The lowest BCUT2D eigenvalue weighted by atomic mass is 10.3. The molecule has 0 unspecified atom stereocenters. The summed E-state index contributed by atoms with van der Waals surface area (Å²) >= 11 is 4.21. The maximum absolute atomic E-state index is 2.10. The molecule has 0 bridgehead atoms. The zero-order valence-corrected chi connectivity index (χ0v) is 8.40. The Morgan fingerprint density at radius 1 is 0.818 bits per heavy atom. The molecule has 0 radical (unpaired) electrons. The van der Waals surface area contributed by atoms with E-state index in [1.54, 1.807) is 9.81 Å². The third kappa shape index (κ3) is 1.97. The van der Waals surface area contributed by atoms with Crippen molar-refractivity contribution >= 4 is 23.5 Å². The molecule has 11 heavy (non-hydrogen) atoms. The molecule has 2 heteroatoms. The Hall–Kier alpha value is 0.440. The van der Waals surface area contributed by atoms with E-state index in [1.807, 2.05) is 0 Å². The summed E-state index contributed by atoms with van der Waals surface area (Å²) in [6.07, 6.45) is 7.09. The molecular weight excluding hydrogens is 172 g/mol. The van der Waals surface area contributed by atoms with Crippen molar-refractivity contribution in [2.24, 2.45) is 0 Å². The SMILES string of the molecule is C1CSC(=C2CCCC2)SC1. The van der Waals surface area contributed by atoms with Gasteiger partial charge in [0, 0.05) is 4.24 Å². The Labute approximate surface area is 77.2 Å². The first kappa shape index (κ1) is 8.06. The predicted molar refractivity (Wildman–Crippen MR) is 55.0 cm³/mol. The highest BCUT2D eigenvalue weighted by Gasteiger charge is 2.15. The van der Waals surface area contributed by atoms with Crippen LogP contribution in [-0.4, -0.2) is 11.5 Å². The Kier molecular flexibility index (Phi) is 2.86. The van der Waals surface area contributed by atoms with Crippen LogP contribution in [0.1, 0.15) is 32.1 Å². The summed E-state index contributed by atoms with van der Waals surface area (Å²) in [5.41, 5.74) is 1.78. The van der Waals surface area contributed by atoms with Crippen molar-refractivity contribution < 1.29 is 0 Å². The molecule has 0 spiro atoms. The van der Waals surface area contributed by atoms with E-state index in [4.69, 9.17) is 0 Å². The summed E-state index contributed by atoms with van der Waals surface area (Å²) in [5.74, 6) is 2.73. The normalized spacial score (nSPS) is 26.2. The van der Waals surface area contributed by atoms with E-state index in [2.05, 4.69) is 23.5 Å². The number of rotatable bonds is 0. The van der Waals surface area contributed by atoms with Crippen LogP contribution < -0.4 is 0 Å². The van der Waals surface area contributed by atoms with Crippen molar-refractivity contribution in [3.63, 3.8) is 0 Å². The minimum absolute atomic E-state index is 1.37. The molecule has 2 aliphatic rings. The first-order chi connectivity index (χ1) is 5.47. The van der Waals surface area contributed by atoms with Gasteiger partial charge in [0.1, 0.15) is 0 Å². The molecule has 0 N–H and O–H groups in total. The highest BCUT2D eigenvalue weighted by Crippen LogP contribution is 2.41. The van der Waals surface area contributed by atoms with Crippen LogP contribution in [0, 0.1) is 0 Å². The molecule has 1 saturated heterocycles. The van der Waals surface area contributed by atoms with E-state index in [9.17, 15) is 0 Å². The van der Waals surface area contributed by atoms with Crippen molar-refractivity contribution in [3.8, 4) is 0 Å². The van der Waals surface area contributed by atoms with Gasteiger partial charge in [-0.05, 0) is 43.6 Å². The van der Waals surface area contributed by atoms with Crippen LogP contribution in [-0.2, 0) is 0 Å². The monoisotopic (exact) mass is 186 g/mol. The highest BCUT2D eigenvalue weighted by atomic mass is 32.2. The van der Waals surface area contributed by atoms with Crippen LogP contribution in [0.15, 0.2) is 9.81 Å². The fourth-order valence-electron chi connectivity index (χ4n) is 1.64. The summed E-state index contributed by atoms with van der Waals surface area (Å²) in [4.78, 5) is 0. The first-order valence-corrected chi connectivity index (χ1v) is 6.41. The van der Waals surface area contributed by atoms with Gasteiger partial charge in [0.05, 0.1) is 0 Å². The minimum atomic E-state index is 1.37. The summed E-state index contributed by atoms with van der Waals surface area (Å²) in [6.45, 7) is 0. The van der Waals surface area contributed by atoms with Crippen LogP contribution in [0.2, 0.25) is 0 Å². The Bertz CT molecular complexity index is 156. The largest absolute Gasteiger partial charge is 0.119 e. The van der Waals surface area contributed by atoms with Crippen molar-refractivity contribution in [3.05, 3.63) is 9.81 Å². The molecule has 1 heterocycles. The average Bonchev–Trinajstić information content (AvgIpc) is 2.58. The van der Waals surface area contributed by atoms with Gasteiger partial charge in [-0.15, -0.1) is 23.5 Å². The topological polar surface area (TPSA) is 0 Å². The van der Waals surface area contributed by atoms with Gasteiger partial charge in [0.25, 0.3) is 0 Å². The molecule has 2 rings (SSSR count). The molecule has 0 aromatic carbocycles. The van der Waals surface area contributed by atoms with E-state index < -0.39 is 0 Å². The van der Waals surface area contributed by atoms with Crippen molar-refractivity contribution in [1.29, 1.82) is 0 Å². The molecule has 0 aromatic heterocycles. The highest BCUT2D eigenvalue weighted by molar-refractivity contribution is 8.22. The van der Waals surface area contributed by atoms with Gasteiger partial charge in [-0.1, -0.05) is 5.57 Å². The molecular formula is C9H14S2. The van der Waals surface area contributed by atoms with Crippen LogP contribution in [0.5, 0.6) is 0 Å². The van der Waals surface area contributed by atoms with Gasteiger partial charge in [0.2, 0.25) is 0 Å². The minimum Gasteiger partial charge on any atom is -0.119 e.